The molecule has 2 saturated heterocycles. The maximum Gasteiger partial charge on any atom is 0.407 e. The molecule has 2 aliphatic heterocycles. The maximum atomic E-state index is 13.3. The first-order chi connectivity index (χ1) is 16.5. The number of rotatable bonds is 7. The molecule has 8 heteroatoms. The van der Waals surface area contributed by atoms with E-state index in [1.807, 2.05) is 36.4 Å². The van der Waals surface area contributed by atoms with Gasteiger partial charge in [-0.15, -0.1) is 0 Å². The minimum Gasteiger partial charge on any atom is -0.481 e. The molecule has 0 saturated carbocycles. The van der Waals surface area contributed by atoms with Gasteiger partial charge in [0, 0.05) is 25.1 Å². The van der Waals surface area contributed by atoms with Gasteiger partial charge in [-0.05, 0) is 41.5 Å². The van der Waals surface area contributed by atoms with Gasteiger partial charge in [0.15, 0.2) is 0 Å². The van der Waals surface area contributed by atoms with E-state index >= 15 is 0 Å². The van der Waals surface area contributed by atoms with Crippen LogP contribution in [0.25, 0.3) is 11.1 Å². The number of methoxy groups -OCH3 is 1. The second-order valence-corrected chi connectivity index (χ2v) is 9.20. The van der Waals surface area contributed by atoms with Crippen LogP contribution in [0.2, 0.25) is 0 Å². The topological polar surface area (TPSA) is 105 Å². The molecule has 0 unspecified atom stereocenters. The Hall–Kier alpha value is -3.39. The molecular weight excluding hydrogens is 436 g/mol. The fourth-order valence-corrected chi connectivity index (χ4v) is 5.90. The first-order valence-electron chi connectivity index (χ1n) is 11.6. The molecule has 2 aromatic rings. The molecular formula is C26H28N2O6. The van der Waals surface area contributed by atoms with Crippen LogP contribution >= 0.6 is 0 Å². The summed E-state index contributed by atoms with van der Waals surface area (Å²) >= 11 is 0. The van der Waals surface area contributed by atoms with Gasteiger partial charge in [-0.1, -0.05) is 48.5 Å². The summed E-state index contributed by atoms with van der Waals surface area (Å²) in [7, 11) is 1.46. The lowest BCUT2D eigenvalue weighted by Crippen LogP contribution is -2.53. The van der Waals surface area contributed by atoms with E-state index in [9.17, 15) is 19.5 Å². The van der Waals surface area contributed by atoms with E-state index in [1.54, 1.807) is 4.90 Å². The highest BCUT2D eigenvalue weighted by Gasteiger charge is 2.52. The molecule has 2 fully saturated rings. The van der Waals surface area contributed by atoms with Crippen molar-refractivity contribution in [2.24, 2.45) is 5.92 Å². The third-order valence-electron chi connectivity index (χ3n) is 7.38. The van der Waals surface area contributed by atoms with Gasteiger partial charge in [-0.25, -0.2) is 4.79 Å². The van der Waals surface area contributed by atoms with E-state index in [0.29, 0.717) is 12.8 Å². The molecule has 0 radical (unpaired) electrons. The highest BCUT2D eigenvalue weighted by molar-refractivity contribution is 5.88. The van der Waals surface area contributed by atoms with Gasteiger partial charge in [0.25, 0.3) is 0 Å². The van der Waals surface area contributed by atoms with Gasteiger partial charge < -0.3 is 24.8 Å². The van der Waals surface area contributed by atoms with Crippen LogP contribution in [0.15, 0.2) is 48.5 Å². The van der Waals surface area contributed by atoms with Gasteiger partial charge >= 0.3 is 12.1 Å². The van der Waals surface area contributed by atoms with Crippen LogP contribution in [-0.2, 0) is 19.1 Å². The van der Waals surface area contributed by atoms with Crippen molar-refractivity contribution >= 4 is 18.0 Å². The Bertz CT molecular complexity index is 1070. The zero-order chi connectivity index (χ0) is 23.8. The van der Waals surface area contributed by atoms with Crippen molar-refractivity contribution in [1.82, 2.24) is 10.2 Å². The lowest BCUT2D eigenvalue weighted by Gasteiger charge is -2.28. The Morgan fingerprint density at radius 1 is 1.06 bits per heavy atom. The van der Waals surface area contributed by atoms with Crippen molar-refractivity contribution in [3.8, 4) is 11.1 Å². The lowest BCUT2D eigenvalue weighted by molar-refractivity contribution is -0.143. The number of nitrogens with one attached hydrogen (secondary N) is 1. The number of carbonyl (C=O) groups is 3. The molecule has 34 heavy (non-hydrogen) atoms. The van der Waals surface area contributed by atoms with Crippen LogP contribution < -0.4 is 5.32 Å². The quantitative estimate of drug-likeness (QED) is 0.653. The van der Waals surface area contributed by atoms with E-state index in [1.165, 1.54) is 7.11 Å². The second kappa shape index (κ2) is 9.10. The summed E-state index contributed by atoms with van der Waals surface area (Å²) in [4.78, 5) is 39.2. The van der Waals surface area contributed by atoms with Crippen molar-refractivity contribution in [1.29, 1.82) is 0 Å². The highest BCUT2D eigenvalue weighted by Crippen LogP contribution is 2.45. The summed E-state index contributed by atoms with van der Waals surface area (Å²) in [6.07, 6.45) is 1.21. The molecule has 4 atom stereocenters. The van der Waals surface area contributed by atoms with Gasteiger partial charge in [-0.3, -0.25) is 9.59 Å². The molecule has 2 amide bonds. The molecule has 2 N–H and O–H groups in total. The summed E-state index contributed by atoms with van der Waals surface area (Å²) in [5.74, 6) is -1.83. The van der Waals surface area contributed by atoms with Gasteiger partial charge in [0.2, 0.25) is 5.91 Å². The molecule has 2 aromatic carbocycles. The molecule has 0 aromatic heterocycles. The standard InChI is InChI=1S/C26H28N2O6/c1-33-14-22(24(29)28-15-10-11-23(28)20(12-15)25(30)31)27-26(32)34-13-21-18-8-4-2-6-16(18)17-7-3-5-9-19(17)21/h2-9,15,20-23H,10-14H2,1H3,(H,27,32)(H,30,31)/t15-,20+,22+,23+/m1/s1. The fraction of sp³-hybridized carbons (Fsp3) is 0.423. The number of nitrogens with zero attached hydrogens (tertiary/aromatic N) is 1. The molecule has 5 rings (SSSR count). The second-order valence-electron chi connectivity index (χ2n) is 9.20. The van der Waals surface area contributed by atoms with Crippen LogP contribution in [0.5, 0.6) is 0 Å². The van der Waals surface area contributed by atoms with Crippen LogP contribution in [0, 0.1) is 5.92 Å². The number of hydrogen-bond donors (Lipinski definition) is 2. The summed E-state index contributed by atoms with van der Waals surface area (Å²) in [5, 5.41) is 12.1. The van der Waals surface area contributed by atoms with E-state index in [4.69, 9.17) is 9.47 Å². The van der Waals surface area contributed by atoms with Crippen LogP contribution in [-0.4, -0.2) is 66.4 Å². The Morgan fingerprint density at radius 3 is 2.29 bits per heavy atom. The molecule has 8 nitrogen and oxygen atoms in total. The van der Waals surface area contributed by atoms with Crippen molar-refractivity contribution in [3.63, 3.8) is 0 Å². The van der Waals surface area contributed by atoms with Crippen molar-refractivity contribution in [2.45, 2.75) is 43.3 Å². The summed E-state index contributed by atoms with van der Waals surface area (Å²) in [6.45, 7) is 0.126. The predicted octanol–water partition coefficient (Wildman–Crippen LogP) is 3.00. The Labute approximate surface area is 197 Å². The monoisotopic (exact) mass is 464 g/mol. The minimum atomic E-state index is -0.934. The minimum absolute atomic E-state index is 0.0172. The van der Waals surface area contributed by atoms with E-state index in [0.717, 1.165) is 28.7 Å². The van der Waals surface area contributed by atoms with Crippen LogP contribution in [0.3, 0.4) is 0 Å². The normalized spacial score (nSPS) is 23.3. The molecule has 0 spiro atoms. The largest absolute Gasteiger partial charge is 0.481 e. The van der Waals surface area contributed by atoms with E-state index < -0.39 is 24.0 Å². The van der Waals surface area contributed by atoms with Crippen LogP contribution in [0.1, 0.15) is 36.3 Å². The third kappa shape index (κ3) is 3.81. The number of aliphatic carboxylic acids is 1. The number of alkyl carbamates (subject to hydrolysis) is 1. The highest BCUT2D eigenvalue weighted by atomic mass is 16.5. The van der Waals surface area contributed by atoms with Gasteiger partial charge in [0.1, 0.15) is 12.6 Å². The fourth-order valence-electron chi connectivity index (χ4n) is 5.90. The predicted molar refractivity (Wildman–Crippen MR) is 123 cm³/mol. The number of amides is 2. The van der Waals surface area contributed by atoms with Crippen molar-refractivity contribution < 1.29 is 29.0 Å². The number of carboxylic acids is 1. The van der Waals surface area contributed by atoms with E-state index in [2.05, 4.69) is 17.4 Å². The average molecular weight is 465 g/mol. The molecule has 1 aliphatic carbocycles. The third-order valence-corrected chi connectivity index (χ3v) is 7.38. The Morgan fingerprint density at radius 2 is 1.71 bits per heavy atom. The molecule has 2 heterocycles. The summed E-state index contributed by atoms with van der Waals surface area (Å²) in [6, 6.07) is 14.8. The average Bonchev–Trinajstić information content (AvgIpc) is 3.52. The molecule has 2 bridgehead atoms. The molecule has 178 valence electrons. The number of ether oxygens (including phenoxy) is 2. The van der Waals surface area contributed by atoms with Crippen LogP contribution in [0.4, 0.5) is 4.79 Å². The maximum absolute atomic E-state index is 13.3. The smallest absolute Gasteiger partial charge is 0.407 e. The Kier molecular flexibility index (Phi) is 6.00. The number of carbonyl (C=O) groups excluding carboxylic acids is 2. The van der Waals surface area contributed by atoms with Gasteiger partial charge in [0.05, 0.1) is 12.5 Å². The lowest BCUT2D eigenvalue weighted by atomic mass is 9.89. The van der Waals surface area contributed by atoms with Crippen molar-refractivity contribution in [3.05, 3.63) is 59.7 Å². The van der Waals surface area contributed by atoms with Crippen molar-refractivity contribution in [2.75, 3.05) is 20.3 Å². The number of hydrogen-bond acceptors (Lipinski definition) is 5. The Balaban J connectivity index is 1.26. The SMILES string of the molecule is COC[C@H](NC(=O)OCC1c2ccccc2-c2ccccc21)C(=O)N1[C@@H]2CC[C@H]1[C@@H](C(=O)O)C2. The number of carboxylic acid groups (broad SMARTS) is 1. The van der Waals surface area contributed by atoms with Gasteiger partial charge in [-0.2, -0.15) is 0 Å². The number of benzene rings is 2. The number of fused-ring (bicyclic) bond motifs is 5. The summed E-state index contributed by atoms with van der Waals surface area (Å²) in [5.41, 5.74) is 4.48. The zero-order valence-electron chi connectivity index (χ0n) is 19.0. The zero-order valence-corrected chi connectivity index (χ0v) is 19.0. The molecule has 3 aliphatic rings. The van der Waals surface area contributed by atoms with E-state index in [-0.39, 0.29) is 37.1 Å². The first kappa shape index (κ1) is 22.4. The first-order valence-corrected chi connectivity index (χ1v) is 11.6. The summed E-state index contributed by atoms with van der Waals surface area (Å²) < 4.78 is 10.8.